The molecule has 0 bridgehead atoms. The molecule has 2 aromatic carbocycles. The first-order valence-corrected chi connectivity index (χ1v) is 16.6. The summed E-state index contributed by atoms with van der Waals surface area (Å²) in [7, 11) is 0. The molecule has 0 saturated carbocycles. The van der Waals surface area contributed by atoms with Gasteiger partial charge in [-0.15, -0.1) is 0 Å². The van der Waals surface area contributed by atoms with Crippen molar-refractivity contribution in [2.45, 2.75) is 144 Å². The summed E-state index contributed by atoms with van der Waals surface area (Å²) in [6.45, 7) is 13.5. The van der Waals surface area contributed by atoms with Crippen LogP contribution in [0.4, 0.5) is 11.4 Å². The van der Waals surface area contributed by atoms with Crippen molar-refractivity contribution in [2.24, 2.45) is 9.98 Å². The van der Waals surface area contributed by atoms with Gasteiger partial charge in [0.1, 0.15) is 0 Å². The molecule has 0 aliphatic carbocycles. The van der Waals surface area contributed by atoms with Crippen LogP contribution in [0.3, 0.4) is 0 Å². The van der Waals surface area contributed by atoms with Crippen molar-refractivity contribution in [3.05, 3.63) is 70.8 Å². The van der Waals surface area contributed by atoms with Crippen LogP contribution in [0.5, 0.6) is 0 Å². The number of aryl methyl sites for hydroxylation is 4. The summed E-state index contributed by atoms with van der Waals surface area (Å²) in [4.78, 5) is 10.5. The second kappa shape index (κ2) is 22.6. The Kier molecular flexibility index (Phi) is 20.4. The summed E-state index contributed by atoms with van der Waals surface area (Å²) in [6.07, 6.45) is 23.3. The number of nitrogens with zero attached hydrogens (tertiary/aromatic N) is 2. The third-order valence-corrected chi connectivity index (χ3v) is 7.73. The topological polar surface area (TPSA) is 24.7 Å². The van der Waals surface area contributed by atoms with Gasteiger partial charge >= 0.3 is 0 Å². The monoisotopic (exact) mass is 600 g/mol. The zero-order valence-corrected chi connectivity index (χ0v) is 28.1. The van der Waals surface area contributed by atoms with E-state index in [4.69, 9.17) is 9.98 Å². The van der Waals surface area contributed by atoms with Gasteiger partial charge in [0.25, 0.3) is 0 Å². The molecule has 0 N–H and O–H groups in total. The first-order valence-electron chi connectivity index (χ1n) is 16.6. The Labute approximate surface area is 263 Å². The minimum atomic E-state index is 0. The smallest absolute Gasteiger partial charge is 0.0848 e. The molecule has 0 spiro atoms. The fourth-order valence-electron chi connectivity index (χ4n) is 5.22. The Morgan fingerprint density at radius 1 is 0.561 bits per heavy atom. The molecule has 0 heterocycles. The molecule has 0 aliphatic rings. The first kappa shape index (κ1) is 37.0. The molecule has 2 nitrogen and oxygen atoms in total. The van der Waals surface area contributed by atoms with Crippen molar-refractivity contribution in [3.63, 3.8) is 0 Å². The number of benzene rings is 2. The van der Waals surface area contributed by atoms with E-state index in [0.717, 1.165) is 48.5 Å². The van der Waals surface area contributed by atoms with Crippen LogP contribution in [0, 0.1) is 0 Å². The minimum absolute atomic E-state index is 0. The second-order valence-electron chi connectivity index (χ2n) is 11.3. The van der Waals surface area contributed by atoms with Gasteiger partial charge in [0.2, 0.25) is 0 Å². The Hall–Kier alpha value is -1.99. The third kappa shape index (κ3) is 13.7. The molecule has 0 amide bonds. The second-order valence-corrected chi connectivity index (χ2v) is 11.3. The van der Waals surface area contributed by atoms with E-state index in [1.165, 1.54) is 99.3 Å². The van der Waals surface area contributed by atoms with Crippen LogP contribution in [0.25, 0.3) is 0 Å². The van der Waals surface area contributed by atoms with Crippen LogP contribution < -0.4 is 0 Å². The molecular formula is C38H58N2Ni. The average molecular weight is 602 g/mol. The van der Waals surface area contributed by atoms with Crippen molar-refractivity contribution in [3.8, 4) is 0 Å². The van der Waals surface area contributed by atoms with Gasteiger partial charge in [0.15, 0.2) is 0 Å². The standard InChI is InChI=1S/C38H58N2.Ni/c1-7-13-18-24-38(40-36-28-26-32(21-15-9-3)34(30-36)23-17-11-5)37(19-12-6)39-35-27-25-31(20-14-8-2)33(29-35)22-16-10-4;/h12,19,25-30H,7-11,13-18,20-24H2,1-6H3;/b19-12-,39-37?,40-38?;. The number of rotatable bonds is 20. The van der Waals surface area contributed by atoms with Crippen LogP contribution in [-0.2, 0) is 42.2 Å². The summed E-state index contributed by atoms with van der Waals surface area (Å²) < 4.78 is 0. The van der Waals surface area contributed by atoms with Crippen molar-refractivity contribution in [1.29, 1.82) is 0 Å². The molecule has 41 heavy (non-hydrogen) atoms. The number of unbranched alkanes of at least 4 members (excludes halogenated alkanes) is 6. The summed E-state index contributed by atoms with van der Waals surface area (Å²) in [5.74, 6) is 0. The van der Waals surface area contributed by atoms with E-state index in [9.17, 15) is 0 Å². The zero-order valence-electron chi connectivity index (χ0n) is 27.1. The molecule has 0 fully saturated rings. The third-order valence-electron chi connectivity index (χ3n) is 7.73. The molecule has 230 valence electrons. The van der Waals surface area contributed by atoms with E-state index in [0.29, 0.717) is 0 Å². The van der Waals surface area contributed by atoms with E-state index in [2.05, 4.69) is 90.1 Å². The fraction of sp³-hybridized carbons (Fsp3) is 0.579. The predicted octanol–water partition coefficient (Wildman–Crippen LogP) is 12.1. The Balaban J connectivity index is 0.00000840. The molecule has 0 radical (unpaired) electrons. The van der Waals surface area contributed by atoms with Crippen LogP contribution in [0.1, 0.15) is 141 Å². The molecule has 2 rings (SSSR count). The van der Waals surface area contributed by atoms with Crippen molar-refractivity contribution in [2.75, 3.05) is 0 Å². The van der Waals surface area contributed by atoms with E-state index >= 15 is 0 Å². The van der Waals surface area contributed by atoms with Crippen LogP contribution in [0.2, 0.25) is 0 Å². The van der Waals surface area contributed by atoms with Crippen LogP contribution in [-0.4, -0.2) is 11.4 Å². The maximum Gasteiger partial charge on any atom is 0.0848 e. The normalized spacial score (nSPS) is 12.2. The number of hydrogen-bond donors (Lipinski definition) is 0. The van der Waals surface area contributed by atoms with Crippen LogP contribution >= 0.6 is 0 Å². The minimum Gasteiger partial charge on any atom is -0.251 e. The molecule has 0 atom stereocenters. The van der Waals surface area contributed by atoms with E-state index in [1.54, 1.807) is 0 Å². The van der Waals surface area contributed by atoms with Gasteiger partial charge in [-0.05, 0) is 124 Å². The Bertz CT molecular complexity index is 1080. The number of allylic oxidation sites excluding steroid dienone is 2. The Morgan fingerprint density at radius 3 is 1.44 bits per heavy atom. The van der Waals surface area contributed by atoms with Gasteiger partial charge in [-0.2, -0.15) is 0 Å². The zero-order chi connectivity index (χ0) is 29.0. The van der Waals surface area contributed by atoms with E-state index in [1.807, 2.05) is 0 Å². The first-order chi connectivity index (χ1) is 19.6. The maximum atomic E-state index is 5.30. The molecule has 0 aliphatic heterocycles. The maximum absolute atomic E-state index is 5.30. The molecule has 3 heteroatoms. The molecule has 2 aromatic rings. The molecule has 0 saturated heterocycles. The van der Waals surface area contributed by atoms with Crippen molar-refractivity contribution in [1.82, 2.24) is 0 Å². The summed E-state index contributed by atoms with van der Waals surface area (Å²) >= 11 is 0. The molecular weight excluding hydrogens is 543 g/mol. The molecule has 0 unspecified atom stereocenters. The van der Waals surface area contributed by atoms with Gasteiger partial charge < -0.3 is 0 Å². The SMILES string of the molecule is C/C=C\C(=Nc1ccc(CCCC)c(CCCC)c1)C(CCCCC)=Nc1ccc(CCCC)c(CCCC)c1.[Ni]. The van der Waals surface area contributed by atoms with Gasteiger partial charge in [-0.3, -0.25) is 4.99 Å². The average Bonchev–Trinajstić information content (AvgIpc) is 2.97. The van der Waals surface area contributed by atoms with Crippen molar-refractivity contribution < 1.29 is 16.5 Å². The quantitative estimate of drug-likeness (QED) is 0.0820. The van der Waals surface area contributed by atoms with Crippen molar-refractivity contribution >= 4 is 22.8 Å². The Morgan fingerprint density at radius 2 is 1.00 bits per heavy atom. The molecule has 0 aromatic heterocycles. The summed E-state index contributed by atoms with van der Waals surface area (Å²) in [5.41, 5.74) is 10.2. The van der Waals surface area contributed by atoms with Gasteiger partial charge in [-0.25, -0.2) is 4.99 Å². The number of hydrogen-bond acceptors (Lipinski definition) is 2. The van der Waals surface area contributed by atoms with E-state index < -0.39 is 0 Å². The van der Waals surface area contributed by atoms with Crippen LogP contribution in [0.15, 0.2) is 58.5 Å². The van der Waals surface area contributed by atoms with Gasteiger partial charge in [0.05, 0.1) is 22.8 Å². The largest absolute Gasteiger partial charge is 0.251 e. The van der Waals surface area contributed by atoms with E-state index in [-0.39, 0.29) is 16.5 Å². The summed E-state index contributed by atoms with van der Waals surface area (Å²) in [6, 6.07) is 13.8. The predicted molar refractivity (Wildman–Crippen MR) is 180 cm³/mol. The fourth-order valence-corrected chi connectivity index (χ4v) is 5.22. The van der Waals surface area contributed by atoms with Gasteiger partial charge in [0, 0.05) is 16.5 Å². The van der Waals surface area contributed by atoms with Gasteiger partial charge in [-0.1, -0.05) is 91.4 Å². The number of aliphatic imine (C=N–C) groups is 2. The summed E-state index contributed by atoms with van der Waals surface area (Å²) in [5, 5.41) is 0.